The zero-order valence-corrected chi connectivity index (χ0v) is 23.4. The number of amides is 2. The van der Waals surface area contributed by atoms with Gasteiger partial charge in [-0.1, -0.05) is 54.6 Å². The Morgan fingerprint density at radius 1 is 0.850 bits per heavy atom. The number of nitrogens with zero attached hydrogens (tertiary/aromatic N) is 2. The molecule has 1 N–H and O–H groups in total. The van der Waals surface area contributed by atoms with Crippen molar-refractivity contribution in [3.8, 4) is 0 Å². The van der Waals surface area contributed by atoms with Crippen LogP contribution in [0.2, 0.25) is 0 Å². The summed E-state index contributed by atoms with van der Waals surface area (Å²) < 4.78 is 13.3. The van der Waals surface area contributed by atoms with Crippen molar-refractivity contribution in [3.05, 3.63) is 101 Å². The van der Waals surface area contributed by atoms with E-state index >= 15 is 0 Å². The van der Waals surface area contributed by atoms with E-state index in [-0.39, 0.29) is 23.7 Å². The standard InChI is InChI=1S/C34H40FN3O2/c1-25(39)29-9-5-11-32(23-29)36-34(40)38-18-6-10-30(33(38)22-26-7-3-2-4-8-26)24-37-19-16-28(17-20-37)21-27-12-14-31(35)15-13-27/h2-5,7-9,11-15,23,28,30,33H,6,10,16-22,24H2,1H3,(H,36,40)/t30-,33-/m1/s1. The normalized spacial score (nSPS) is 20.3. The Balaban J connectivity index is 1.25. The molecular weight excluding hydrogens is 501 g/mol. The van der Waals surface area contributed by atoms with Crippen molar-refractivity contribution in [2.24, 2.45) is 11.8 Å². The summed E-state index contributed by atoms with van der Waals surface area (Å²) in [6, 6.07) is 24.6. The van der Waals surface area contributed by atoms with Gasteiger partial charge in [0.2, 0.25) is 0 Å². The van der Waals surface area contributed by atoms with Crippen LogP contribution in [0.15, 0.2) is 78.9 Å². The van der Waals surface area contributed by atoms with Crippen molar-refractivity contribution in [2.45, 2.75) is 51.5 Å². The molecule has 0 bridgehead atoms. The van der Waals surface area contributed by atoms with E-state index in [1.807, 2.05) is 35.2 Å². The molecule has 2 heterocycles. The van der Waals surface area contributed by atoms with Crippen molar-refractivity contribution in [3.63, 3.8) is 0 Å². The van der Waals surface area contributed by atoms with Crippen molar-refractivity contribution in [1.82, 2.24) is 9.80 Å². The van der Waals surface area contributed by atoms with Crippen molar-refractivity contribution in [2.75, 3.05) is 31.5 Å². The van der Waals surface area contributed by atoms with E-state index in [1.165, 1.54) is 18.1 Å². The van der Waals surface area contributed by atoms with E-state index in [2.05, 4.69) is 34.5 Å². The van der Waals surface area contributed by atoms with E-state index in [1.54, 1.807) is 24.3 Å². The second kappa shape index (κ2) is 13.2. The number of carbonyl (C=O) groups is 2. The minimum atomic E-state index is -0.177. The lowest BCUT2D eigenvalue weighted by Gasteiger charge is -2.44. The average molecular weight is 542 g/mol. The summed E-state index contributed by atoms with van der Waals surface area (Å²) in [6.45, 7) is 5.38. The highest BCUT2D eigenvalue weighted by atomic mass is 19.1. The molecule has 0 spiro atoms. The average Bonchev–Trinajstić information content (AvgIpc) is 2.97. The second-order valence-electron chi connectivity index (χ2n) is 11.5. The summed E-state index contributed by atoms with van der Waals surface area (Å²) in [4.78, 5) is 30.1. The predicted molar refractivity (Wildman–Crippen MR) is 158 cm³/mol. The van der Waals surface area contributed by atoms with Gasteiger partial charge in [0.15, 0.2) is 5.78 Å². The lowest BCUT2D eigenvalue weighted by atomic mass is 9.83. The van der Waals surface area contributed by atoms with Crippen LogP contribution < -0.4 is 5.32 Å². The van der Waals surface area contributed by atoms with Gasteiger partial charge in [-0.05, 0) is 106 Å². The molecule has 2 aliphatic heterocycles. The van der Waals surface area contributed by atoms with Gasteiger partial charge in [-0.15, -0.1) is 0 Å². The number of urea groups is 1. The number of rotatable bonds is 8. The molecule has 3 aromatic carbocycles. The van der Waals surface area contributed by atoms with Crippen LogP contribution in [0.1, 0.15) is 54.1 Å². The van der Waals surface area contributed by atoms with Crippen LogP contribution in [0.4, 0.5) is 14.9 Å². The number of piperidine rings is 2. The summed E-state index contributed by atoms with van der Waals surface area (Å²) >= 11 is 0. The molecule has 2 fully saturated rings. The topological polar surface area (TPSA) is 52.7 Å². The SMILES string of the molecule is CC(=O)c1cccc(NC(=O)N2CCC[C@H](CN3CCC(Cc4ccc(F)cc4)CC3)[C@H]2Cc2ccccc2)c1. The molecule has 210 valence electrons. The number of Topliss-reactive ketones (excluding diaryl/α,β-unsaturated/α-hetero) is 1. The third kappa shape index (κ3) is 7.36. The highest BCUT2D eigenvalue weighted by molar-refractivity contribution is 5.96. The van der Waals surface area contributed by atoms with Gasteiger partial charge in [0.1, 0.15) is 5.82 Å². The van der Waals surface area contributed by atoms with Crippen molar-refractivity contribution < 1.29 is 14.0 Å². The van der Waals surface area contributed by atoms with Crippen LogP contribution in [-0.4, -0.2) is 53.8 Å². The number of hydrogen-bond acceptors (Lipinski definition) is 3. The van der Waals surface area contributed by atoms with Crippen LogP contribution >= 0.6 is 0 Å². The van der Waals surface area contributed by atoms with Crippen LogP contribution in [0.3, 0.4) is 0 Å². The first-order chi connectivity index (χ1) is 19.4. The van der Waals surface area contributed by atoms with Gasteiger partial charge in [0.25, 0.3) is 0 Å². The predicted octanol–water partition coefficient (Wildman–Crippen LogP) is 6.84. The van der Waals surface area contributed by atoms with Gasteiger partial charge in [-0.2, -0.15) is 0 Å². The molecule has 2 saturated heterocycles. The monoisotopic (exact) mass is 541 g/mol. The lowest BCUT2D eigenvalue weighted by Crippen LogP contribution is -2.54. The molecule has 6 heteroatoms. The molecule has 5 nitrogen and oxygen atoms in total. The quantitative estimate of drug-likeness (QED) is 0.318. The molecule has 40 heavy (non-hydrogen) atoms. The fourth-order valence-corrected chi connectivity index (χ4v) is 6.40. The maximum Gasteiger partial charge on any atom is 0.322 e. The number of anilines is 1. The molecule has 0 aliphatic carbocycles. The molecule has 0 aromatic heterocycles. The maximum atomic E-state index is 13.6. The third-order valence-corrected chi connectivity index (χ3v) is 8.62. The molecule has 0 saturated carbocycles. The summed E-state index contributed by atoms with van der Waals surface area (Å²) in [5.74, 6) is 0.819. The first kappa shape index (κ1) is 28.0. The first-order valence-electron chi connectivity index (χ1n) is 14.6. The van der Waals surface area contributed by atoms with Crippen molar-refractivity contribution >= 4 is 17.5 Å². The van der Waals surface area contributed by atoms with Gasteiger partial charge in [0, 0.05) is 30.4 Å². The van der Waals surface area contributed by atoms with Crippen LogP contribution in [0, 0.1) is 17.7 Å². The molecule has 5 rings (SSSR count). The molecule has 0 unspecified atom stereocenters. The fraction of sp³-hybridized carbons (Fsp3) is 0.412. The van der Waals surface area contributed by atoms with Gasteiger partial charge in [0.05, 0.1) is 0 Å². The highest BCUT2D eigenvalue weighted by Gasteiger charge is 2.36. The van der Waals surface area contributed by atoms with Gasteiger partial charge in [-0.25, -0.2) is 9.18 Å². The largest absolute Gasteiger partial charge is 0.322 e. The number of likely N-dealkylation sites (tertiary alicyclic amines) is 2. The number of ketones is 1. The van der Waals surface area contributed by atoms with Crippen molar-refractivity contribution in [1.29, 1.82) is 0 Å². The minimum absolute atomic E-state index is 0.0162. The summed E-state index contributed by atoms with van der Waals surface area (Å²) in [5.41, 5.74) is 3.71. The second-order valence-corrected chi connectivity index (χ2v) is 11.5. The van der Waals surface area contributed by atoms with E-state index in [0.29, 0.717) is 23.1 Å². The van der Waals surface area contributed by atoms with E-state index in [4.69, 9.17) is 0 Å². The molecular formula is C34H40FN3O2. The molecule has 3 aromatic rings. The van der Waals surface area contributed by atoms with Crippen LogP contribution in [0.5, 0.6) is 0 Å². The molecule has 2 amide bonds. The number of hydrogen-bond donors (Lipinski definition) is 1. The summed E-state index contributed by atoms with van der Waals surface area (Å²) in [6.07, 6.45) is 6.21. The lowest BCUT2D eigenvalue weighted by molar-refractivity contribution is 0.0790. The minimum Gasteiger partial charge on any atom is -0.321 e. The van der Waals surface area contributed by atoms with Crippen LogP contribution in [-0.2, 0) is 12.8 Å². The van der Waals surface area contributed by atoms with Gasteiger partial charge < -0.3 is 15.1 Å². The number of halogens is 1. The third-order valence-electron chi connectivity index (χ3n) is 8.62. The Morgan fingerprint density at radius 2 is 1.57 bits per heavy atom. The zero-order chi connectivity index (χ0) is 27.9. The number of nitrogens with one attached hydrogen (secondary N) is 1. The molecule has 2 atom stereocenters. The Bertz CT molecular complexity index is 1270. The molecule has 0 radical (unpaired) electrons. The highest BCUT2D eigenvalue weighted by Crippen LogP contribution is 2.30. The Kier molecular flexibility index (Phi) is 9.27. The van der Waals surface area contributed by atoms with E-state index in [0.717, 1.165) is 64.7 Å². The Labute approximate surface area is 237 Å². The Hall–Kier alpha value is -3.51. The fourth-order valence-electron chi connectivity index (χ4n) is 6.40. The van der Waals surface area contributed by atoms with Gasteiger partial charge >= 0.3 is 6.03 Å². The smallest absolute Gasteiger partial charge is 0.321 e. The van der Waals surface area contributed by atoms with E-state index < -0.39 is 0 Å². The van der Waals surface area contributed by atoms with E-state index in [9.17, 15) is 14.0 Å². The maximum absolute atomic E-state index is 13.6. The summed E-state index contributed by atoms with van der Waals surface area (Å²) in [7, 11) is 0. The summed E-state index contributed by atoms with van der Waals surface area (Å²) in [5, 5.41) is 3.08. The zero-order valence-electron chi connectivity index (χ0n) is 23.4. The number of carbonyl (C=O) groups excluding carboxylic acids is 2. The van der Waals surface area contributed by atoms with Crippen LogP contribution in [0.25, 0.3) is 0 Å². The Morgan fingerprint density at radius 3 is 2.30 bits per heavy atom. The molecule has 2 aliphatic rings. The first-order valence-corrected chi connectivity index (χ1v) is 14.6. The number of benzene rings is 3. The van der Waals surface area contributed by atoms with Gasteiger partial charge in [-0.3, -0.25) is 4.79 Å².